The molecule has 0 atom stereocenters. The van der Waals surface area contributed by atoms with Gasteiger partial charge in [-0.05, 0) is 48.9 Å². The van der Waals surface area contributed by atoms with Gasteiger partial charge in [-0.15, -0.1) is 0 Å². The van der Waals surface area contributed by atoms with Gasteiger partial charge in [0.2, 0.25) is 0 Å². The fourth-order valence-electron chi connectivity index (χ4n) is 3.49. The molecule has 0 saturated heterocycles. The van der Waals surface area contributed by atoms with Crippen molar-refractivity contribution < 1.29 is 4.74 Å². The highest BCUT2D eigenvalue weighted by Gasteiger charge is 2.15. The summed E-state index contributed by atoms with van der Waals surface area (Å²) in [6.07, 6.45) is 3.43. The Hall–Kier alpha value is -3.50. The van der Waals surface area contributed by atoms with Crippen molar-refractivity contribution in [2.24, 2.45) is 0 Å². The Bertz CT molecular complexity index is 1040. The molecule has 4 aromatic rings. The molecule has 3 aromatic carbocycles. The second kappa shape index (κ2) is 11.0. The molecule has 31 heavy (non-hydrogen) atoms. The first-order valence-corrected chi connectivity index (χ1v) is 10.6. The average molecular weight is 412 g/mol. The van der Waals surface area contributed by atoms with Crippen LogP contribution in [0.3, 0.4) is 0 Å². The van der Waals surface area contributed by atoms with Crippen LogP contribution < -0.4 is 4.90 Å². The molecule has 4 heteroatoms. The van der Waals surface area contributed by atoms with Crippen molar-refractivity contribution in [2.75, 3.05) is 12.0 Å². The Balaban J connectivity index is 0.00000132. The van der Waals surface area contributed by atoms with E-state index in [0.29, 0.717) is 6.61 Å². The first-order valence-electron chi connectivity index (χ1n) is 10.6. The molecule has 0 spiro atoms. The summed E-state index contributed by atoms with van der Waals surface area (Å²) >= 11 is 0. The number of methoxy groups -OCH3 is 1. The van der Waals surface area contributed by atoms with E-state index in [1.54, 1.807) is 19.5 Å². The SMILES string of the molecule is CC.COCc1nccnc1-c1ccc(N(c2ccccc2)c2ccccc2)cc1C. The smallest absolute Gasteiger partial charge is 0.0944 e. The number of aromatic nitrogens is 2. The monoisotopic (exact) mass is 411 g/mol. The summed E-state index contributed by atoms with van der Waals surface area (Å²) in [5, 5.41) is 0. The Morgan fingerprint density at radius 3 is 1.87 bits per heavy atom. The Morgan fingerprint density at radius 1 is 0.742 bits per heavy atom. The maximum atomic E-state index is 5.30. The van der Waals surface area contributed by atoms with Gasteiger partial charge in [0.1, 0.15) is 0 Å². The highest BCUT2D eigenvalue weighted by Crippen LogP contribution is 2.36. The molecule has 4 nitrogen and oxygen atoms in total. The molecule has 0 N–H and O–H groups in total. The standard InChI is InChI=1S/C25H23N3O.C2H6/c1-19-17-22(13-14-23(19)25-24(18-29-2)26-15-16-27-25)28(20-9-5-3-6-10-20)21-11-7-4-8-12-21;1-2/h3-17H,18H2,1-2H3;1-2H3. The zero-order valence-electron chi connectivity index (χ0n) is 18.6. The second-order valence-electron chi connectivity index (χ2n) is 6.79. The first-order chi connectivity index (χ1) is 15.3. The molecular formula is C27H29N3O. The molecule has 158 valence electrons. The number of aryl methyl sites for hydroxylation is 1. The summed E-state index contributed by atoms with van der Waals surface area (Å²) < 4.78 is 5.30. The molecule has 0 amide bonds. The van der Waals surface area contributed by atoms with Gasteiger partial charge >= 0.3 is 0 Å². The molecule has 0 unspecified atom stereocenters. The molecular weight excluding hydrogens is 382 g/mol. The summed E-state index contributed by atoms with van der Waals surface area (Å²) in [6.45, 7) is 6.54. The molecule has 0 bridgehead atoms. The zero-order chi connectivity index (χ0) is 22.1. The number of benzene rings is 3. The first kappa shape index (κ1) is 22.2. The van der Waals surface area contributed by atoms with Crippen molar-refractivity contribution >= 4 is 17.1 Å². The predicted octanol–water partition coefficient (Wildman–Crippen LogP) is 7.09. The van der Waals surface area contributed by atoms with E-state index in [9.17, 15) is 0 Å². The third-order valence-electron chi connectivity index (χ3n) is 4.81. The number of nitrogens with zero attached hydrogens (tertiary/aromatic N) is 3. The molecule has 0 saturated carbocycles. The molecule has 0 fully saturated rings. The van der Waals surface area contributed by atoms with E-state index >= 15 is 0 Å². The van der Waals surface area contributed by atoms with Gasteiger partial charge in [-0.1, -0.05) is 56.3 Å². The van der Waals surface area contributed by atoms with Crippen molar-refractivity contribution in [1.82, 2.24) is 9.97 Å². The van der Waals surface area contributed by atoms with E-state index in [2.05, 4.69) is 88.5 Å². The lowest BCUT2D eigenvalue weighted by Gasteiger charge is -2.26. The molecule has 1 heterocycles. The Morgan fingerprint density at radius 2 is 1.32 bits per heavy atom. The van der Waals surface area contributed by atoms with Crippen LogP contribution in [0.2, 0.25) is 0 Å². The molecule has 0 aliphatic rings. The molecule has 0 aliphatic carbocycles. The summed E-state index contributed by atoms with van der Waals surface area (Å²) in [7, 11) is 1.67. The Kier molecular flexibility index (Phi) is 7.91. The van der Waals surface area contributed by atoms with E-state index < -0.39 is 0 Å². The van der Waals surface area contributed by atoms with Gasteiger partial charge in [0.15, 0.2) is 0 Å². The van der Waals surface area contributed by atoms with Crippen LogP contribution in [0.15, 0.2) is 91.3 Å². The fourth-order valence-corrected chi connectivity index (χ4v) is 3.49. The Labute approximate surface area is 185 Å². The van der Waals surface area contributed by atoms with Crippen molar-refractivity contribution in [3.8, 4) is 11.3 Å². The number of hydrogen-bond donors (Lipinski definition) is 0. The van der Waals surface area contributed by atoms with Gasteiger partial charge in [-0.2, -0.15) is 0 Å². The maximum Gasteiger partial charge on any atom is 0.0944 e. The van der Waals surface area contributed by atoms with Gasteiger partial charge in [-0.3, -0.25) is 9.97 Å². The van der Waals surface area contributed by atoms with Gasteiger partial charge in [-0.25, -0.2) is 0 Å². The molecule has 0 aliphatic heterocycles. The fraction of sp³-hybridized carbons (Fsp3) is 0.185. The van der Waals surface area contributed by atoms with Gasteiger partial charge < -0.3 is 9.64 Å². The average Bonchev–Trinajstić information content (AvgIpc) is 2.83. The van der Waals surface area contributed by atoms with Crippen LogP contribution in [0.4, 0.5) is 17.1 Å². The van der Waals surface area contributed by atoms with Crippen molar-refractivity contribution in [2.45, 2.75) is 27.4 Å². The lowest BCUT2D eigenvalue weighted by atomic mass is 10.0. The summed E-state index contributed by atoms with van der Waals surface area (Å²) in [4.78, 5) is 11.3. The van der Waals surface area contributed by atoms with Crippen LogP contribution in [0.25, 0.3) is 11.3 Å². The van der Waals surface area contributed by atoms with E-state index in [-0.39, 0.29) is 0 Å². The third kappa shape index (κ3) is 5.16. The van der Waals surface area contributed by atoms with Gasteiger partial charge in [0.05, 0.1) is 18.0 Å². The van der Waals surface area contributed by atoms with Gasteiger partial charge in [0, 0.05) is 42.1 Å². The largest absolute Gasteiger partial charge is 0.378 e. The molecule has 4 rings (SSSR count). The van der Waals surface area contributed by atoms with E-state index in [4.69, 9.17) is 4.74 Å². The summed E-state index contributed by atoms with van der Waals surface area (Å²) in [5.41, 5.74) is 7.24. The van der Waals surface area contributed by atoms with E-state index in [1.807, 2.05) is 26.0 Å². The number of ether oxygens (including phenoxy) is 1. The van der Waals surface area contributed by atoms with Gasteiger partial charge in [0.25, 0.3) is 0 Å². The minimum Gasteiger partial charge on any atom is -0.378 e. The van der Waals surface area contributed by atoms with E-state index in [0.717, 1.165) is 39.6 Å². The predicted molar refractivity (Wildman–Crippen MR) is 129 cm³/mol. The number of para-hydroxylation sites is 2. The zero-order valence-corrected chi connectivity index (χ0v) is 18.6. The van der Waals surface area contributed by atoms with Crippen molar-refractivity contribution in [1.29, 1.82) is 0 Å². The van der Waals surface area contributed by atoms with Crippen molar-refractivity contribution in [3.63, 3.8) is 0 Å². The minimum atomic E-state index is 0.435. The summed E-state index contributed by atoms with van der Waals surface area (Å²) in [6, 6.07) is 27.2. The van der Waals surface area contributed by atoms with Crippen LogP contribution in [0.5, 0.6) is 0 Å². The number of hydrogen-bond acceptors (Lipinski definition) is 4. The lowest BCUT2D eigenvalue weighted by molar-refractivity contribution is 0.181. The van der Waals surface area contributed by atoms with Crippen LogP contribution in [0.1, 0.15) is 25.1 Å². The lowest BCUT2D eigenvalue weighted by Crippen LogP contribution is -2.10. The highest BCUT2D eigenvalue weighted by molar-refractivity contribution is 5.79. The van der Waals surface area contributed by atoms with Crippen LogP contribution >= 0.6 is 0 Å². The second-order valence-corrected chi connectivity index (χ2v) is 6.79. The highest BCUT2D eigenvalue weighted by atomic mass is 16.5. The maximum absolute atomic E-state index is 5.30. The molecule has 1 aromatic heterocycles. The normalized spacial score (nSPS) is 10.2. The quantitative estimate of drug-likeness (QED) is 0.339. The number of anilines is 3. The van der Waals surface area contributed by atoms with Crippen LogP contribution in [0, 0.1) is 6.92 Å². The van der Waals surface area contributed by atoms with E-state index in [1.165, 1.54) is 0 Å². The number of rotatable bonds is 6. The molecule has 0 radical (unpaired) electrons. The van der Waals surface area contributed by atoms with Crippen LogP contribution in [-0.4, -0.2) is 17.1 Å². The topological polar surface area (TPSA) is 38.3 Å². The summed E-state index contributed by atoms with van der Waals surface area (Å²) in [5.74, 6) is 0. The minimum absolute atomic E-state index is 0.435. The van der Waals surface area contributed by atoms with Crippen LogP contribution in [-0.2, 0) is 11.3 Å². The third-order valence-corrected chi connectivity index (χ3v) is 4.81. The van der Waals surface area contributed by atoms with Crippen molar-refractivity contribution in [3.05, 3.63) is 103 Å².